The summed E-state index contributed by atoms with van der Waals surface area (Å²) in [6.07, 6.45) is 0. The van der Waals surface area contributed by atoms with Crippen LogP contribution in [-0.4, -0.2) is 17.3 Å². The van der Waals surface area contributed by atoms with E-state index >= 15 is 0 Å². The SMILES string of the molecule is [CH2]/C(=C1\C(c2ccccc2)=[N+](C)c2ccccc21)c1ccccc1. The molecule has 0 saturated carbocycles. The van der Waals surface area contributed by atoms with E-state index in [1.165, 1.54) is 28.1 Å². The number of allylic oxidation sites excluding steroid dienone is 2. The van der Waals surface area contributed by atoms with E-state index in [0.29, 0.717) is 0 Å². The molecule has 0 atom stereocenters. The predicted octanol–water partition coefficient (Wildman–Crippen LogP) is 5.21. The molecule has 0 amide bonds. The van der Waals surface area contributed by atoms with Gasteiger partial charge in [-0.15, -0.1) is 0 Å². The highest BCUT2D eigenvalue weighted by Crippen LogP contribution is 2.39. The maximum atomic E-state index is 4.43. The van der Waals surface area contributed by atoms with Gasteiger partial charge in [-0.25, -0.2) is 0 Å². The first-order valence-electron chi connectivity index (χ1n) is 8.15. The zero-order chi connectivity index (χ0) is 16.5. The van der Waals surface area contributed by atoms with E-state index in [9.17, 15) is 0 Å². The molecule has 3 aromatic rings. The minimum Gasteiger partial charge on any atom is -0.194 e. The molecule has 0 spiro atoms. The predicted molar refractivity (Wildman–Crippen MR) is 101 cm³/mol. The van der Waals surface area contributed by atoms with Crippen molar-refractivity contribution in [3.63, 3.8) is 0 Å². The van der Waals surface area contributed by atoms with Gasteiger partial charge in [0.1, 0.15) is 7.05 Å². The maximum Gasteiger partial charge on any atom is 0.221 e. The molecule has 4 rings (SSSR count). The topological polar surface area (TPSA) is 3.01 Å². The van der Waals surface area contributed by atoms with Crippen LogP contribution < -0.4 is 0 Å². The van der Waals surface area contributed by atoms with Gasteiger partial charge in [0.2, 0.25) is 11.4 Å². The third kappa shape index (κ3) is 2.30. The highest BCUT2D eigenvalue weighted by Gasteiger charge is 2.34. The Morgan fingerprint density at radius 2 is 1.33 bits per heavy atom. The van der Waals surface area contributed by atoms with E-state index in [4.69, 9.17) is 0 Å². The van der Waals surface area contributed by atoms with Gasteiger partial charge in [0.25, 0.3) is 0 Å². The van der Waals surface area contributed by atoms with Crippen molar-refractivity contribution in [2.24, 2.45) is 0 Å². The van der Waals surface area contributed by atoms with Crippen molar-refractivity contribution in [1.29, 1.82) is 0 Å². The van der Waals surface area contributed by atoms with Crippen molar-refractivity contribution in [3.05, 3.63) is 109 Å². The molecule has 1 heteroatoms. The first-order chi connectivity index (χ1) is 11.8. The Kier molecular flexibility index (Phi) is 3.62. The Morgan fingerprint density at radius 1 is 0.750 bits per heavy atom. The first-order valence-corrected chi connectivity index (χ1v) is 8.15. The van der Waals surface area contributed by atoms with E-state index in [1.54, 1.807) is 0 Å². The average molecular weight is 309 g/mol. The maximum absolute atomic E-state index is 4.43. The number of fused-ring (bicyclic) bond motifs is 1. The third-order valence-electron chi connectivity index (χ3n) is 4.58. The summed E-state index contributed by atoms with van der Waals surface area (Å²) < 4.78 is 2.27. The minimum atomic E-state index is 1.06. The van der Waals surface area contributed by atoms with Crippen molar-refractivity contribution in [1.82, 2.24) is 0 Å². The first kappa shape index (κ1) is 14.6. The second-order valence-electron chi connectivity index (χ2n) is 6.01. The zero-order valence-electron chi connectivity index (χ0n) is 13.7. The minimum absolute atomic E-state index is 1.06. The van der Waals surface area contributed by atoms with Gasteiger partial charge in [0.15, 0.2) is 0 Å². The Hall–Kier alpha value is -2.93. The van der Waals surface area contributed by atoms with Crippen LogP contribution in [-0.2, 0) is 0 Å². The van der Waals surface area contributed by atoms with Crippen molar-refractivity contribution < 1.29 is 4.58 Å². The van der Waals surface area contributed by atoms with Crippen molar-refractivity contribution in [2.75, 3.05) is 7.05 Å². The molecule has 0 aromatic heterocycles. The van der Waals surface area contributed by atoms with Gasteiger partial charge in [0.05, 0.1) is 11.1 Å². The summed E-state index contributed by atoms with van der Waals surface area (Å²) in [6.45, 7) is 4.43. The third-order valence-corrected chi connectivity index (χ3v) is 4.58. The molecule has 1 aliphatic heterocycles. The van der Waals surface area contributed by atoms with Crippen LogP contribution in [0.15, 0.2) is 84.9 Å². The highest BCUT2D eigenvalue weighted by atomic mass is 15.0. The van der Waals surface area contributed by atoms with Crippen molar-refractivity contribution >= 4 is 22.5 Å². The van der Waals surface area contributed by atoms with Crippen LogP contribution in [0.5, 0.6) is 0 Å². The zero-order valence-corrected chi connectivity index (χ0v) is 13.7. The van der Waals surface area contributed by atoms with Gasteiger partial charge in [-0.1, -0.05) is 60.7 Å². The Bertz CT molecular complexity index is 948. The molecule has 24 heavy (non-hydrogen) atoms. The van der Waals surface area contributed by atoms with Crippen LogP contribution in [0.2, 0.25) is 0 Å². The molecule has 0 N–H and O–H groups in total. The lowest BCUT2D eigenvalue weighted by Gasteiger charge is -2.08. The fourth-order valence-electron chi connectivity index (χ4n) is 3.42. The highest BCUT2D eigenvalue weighted by molar-refractivity contribution is 6.37. The molecule has 1 heterocycles. The van der Waals surface area contributed by atoms with E-state index < -0.39 is 0 Å². The van der Waals surface area contributed by atoms with Crippen molar-refractivity contribution in [2.45, 2.75) is 0 Å². The molecule has 1 nitrogen and oxygen atoms in total. The molecule has 0 saturated heterocycles. The lowest BCUT2D eigenvalue weighted by Crippen LogP contribution is -2.10. The normalized spacial score (nSPS) is 15.4. The Morgan fingerprint density at radius 3 is 2.04 bits per heavy atom. The smallest absolute Gasteiger partial charge is 0.194 e. The molecule has 1 radical (unpaired) electrons. The fraction of sp³-hybridized carbons (Fsp3) is 0.0435. The van der Waals surface area contributed by atoms with E-state index in [2.05, 4.69) is 97.4 Å². The number of hydrogen-bond donors (Lipinski definition) is 0. The van der Waals surface area contributed by atoms with Gasteiger partial charge >= 0.3 is 0 Å². The standard InChI is InChI=1S/C23H19N/c1-17(18-11-5-3-6-12-18)22-20-15-9-10-16-21(20)24(2)23(22)19-13-7-4-8-14-19/h3-16H,1H2,2H3/q+1/b22-17+. The van der Waals surface area contributed by atoms with Gasteiger partial charge < -0.3 is 0 Å². The molecule has 3 aromatic carbocycles. The molecule has 0 unspecified atom stereocenters. The number of nitrogens with zero attached hydrogens (tertiary/aromatic N) is 1. The monoisotopic (exact) mass is 309 g/mol. The van der Waals surface area contributed by atoms with Crippen LogP contribution in [0.25, 0.3) is 11.1 Å². The lowest BCUT2D eigenvalue weighted by atomic mass is 9.91. The van der Waals surface area contributed by atoms with Gasteiger partial charge in [-0.05, 0) is 36.3 Å². The van der Waals surface area contributed by atoms with Gasteiger partial charge in [-0.3, -0.25) is 0 Å². The summed E-state index contributed by atoms with van der Waals surface area (Å²) in [5, 5.41) is 0. The van der Waals surface area contributed by atoms with E-state index in [1.807, 2.05) is 6.07 Å². The summed E-state index contributed by atoms with van der Waals surface area (Å²) >= 11 is 0. The molecule has 0 bridgehead atoms. The van der Waals surface area contributed by atoms with Crippen LogP contribution >= 0.6 is 0 Å². The summed E-state index contributed by atoms with van der Waals surface area (Å²) in [6, 6.07) is 29.5. The molecular formula is C23H19N+. The molecule has 0 aliphatic carbocycles. The van der Waals surface area contributed by atoms with Crippen LogP contribution in [0.4, 0.5) is 5.69 Å². The number of para-hydroxylation sites is 1. The largest absolute Gasteiger partial charge is 0.221 e. The Labute approximate surface area is 143 Å². The van der Waals surface area contributed by atoms with E-state index in [0.717, 1.165) is 11.1 Å². The molecule has 1 aliphatic rings. The number of hydrogen-bond acceptors (Lipinski definition) is 0. The summed E-state index contributed by atoms with van der Waals surface area (Å²) in [4.78, 5) is 0. The molecule has 0 fully saturated rings. The van der Waals surface area contributed by atoms with E-state index in [-0.39, 0.29) is 0 Å². The van der Waals surface area contributed by atoms with Crippen LogP contribution in [0.1, 0.15) is 16.7 Å². The van der Waals surface area contributed by atoms with Crippen molar-refractivity contribution in [3.8, 4) is 0 Å². The quantitative estimate of drug-likeness (QED) is 0.572. The Balaban J connectivity index is 2.03. The second-order valence-corrected chi connectivity index (χ2v) is 6.01. The van der Waals surface area contributed by atoms with Gasteiger partial charge in [-0.2, -0.15) is 4.58 Å². The number of rotatable bonds is 2. The van der Waals surface area contributed by atoms with Crippen LogP contribution in [0, 0.1) is 6.92 Å². The summed E-state index contributed by atoms with van der Waals surface area (Å²) in [7, 11) is 2.13. The molecular weight excluding hydrogens is 290 g/mol. The molecule has 115 valence electrons. The fourth-order valence-corrected chi connectivity index (χ4v) is 3.42. The lowest BCUT2D eigenvalue weighted by molar-refractivity contribution is -0.400. The number of benzene rings is 3. The van der Waals surface area contributed by atoms with Crippen LogP contribution in [0.3, 0.4) is 0 Å². The average Bonchev–Trinajstić information content (AvgIpc) is 2.95. The summed E-state index contributed by atoms with van der Waals surface area (Å²) in [5.74, 6) is 0. The van der Waals surface area contributed by atoms with Gasteiger partial charge in [0, 0.05) is 11.6 Å². The summed E-state index contributed by atoms with van der Waals surface area (Å²) in [5.41, 5.74) is 8.33. The second kappa shape index (κ2) is 5.93.